The first-order valence-corrected chi connectivity index (χ1v) is 24.3. The van der Waals surface area contributed by atoms with Crippen LogP contribution in [0.15, 0.2) is 29.3 Å². The number of aliphatic hydroxyl groups is 4. The van der Waals surface area contributed by atoms with Crippen molar-refractivity contribution in [3.8, 4) is 5.75 Å². The molecule has 0 spiro atoms. The highest BCUT2D eigenvalue weighted by Crippen LogP contribution is 2.20. The minimum Gasteiger partial charge on any atom is -0.508 e. The predicted molar refractivity (Wildman–Crippen MR) is 269 cm³/mol. The first kappa shape index (κ1) is 65.8. The molecule has 11 amide bonds. The quantitative estimate of drug-likeness (QED) is 0.0177. The highest BCUT2D eigenvalue weighted by atomic mass is 16.4. The summed E-state index contributed by atoms with van der Waals surface area (Å²) in [6.07, 6.45) is -2.30. The van der Waals surface area contributed by atoms with E-state index in [0.717, 1.165) is 11.8 Å². The summed E-state index contributed by atoms with van der Waals surface area (Å²) >= 11 is 0. The van der Waals surface area contributed by atoms with Crippen molar-refractivity contribution >= 4 is 76.9 Å². The van der Waals surface area contributed by atoms with Crippen molar-refractivity contribution in [2.75, 3.05) is 46.0 Å². The number of primary amides is 1. The van der Waals surface area contributed by atoms with Gasteiger partial charge >= 0.3 is 5.97 Å². The maximum Gasteiger partial charge on any atom is 0.328 e. The number of amides is 11. The van der Waals surface area contributed by atoms with E-state index >= 15 is 0 Å². The number of benzene rings is 1. The molecule has 23 N–H and O–H groups in total. The molecule has 2 rings (SSSR count). The van der Waals surface area contributed by atoms with Crippen LogP contribution in [0.4, 0.5) is 0 Å². The number of hydrogen-bond acceptors (Lipinski definition) is 19. The highest BCUT2D eigenvalue weighted by Gasteiger charge is 2.40. The van der Waals surface area contributed by atoms with Crippen LogP contribution < -0.4 is 70.8 Å². The summed E-state index contributed by atoms with van der Waals surface area (Å²) in [6.45, 7) is -2.31. The second-order valence-electron chi connectivity index (χ2n) is 17.8. The summed E-state index contributed by atoms with van der Waals surface area (Å²) in [5.74, 6) is -12.9. The van der Waals surface area contributed by atoms with Gasteiger partial charge in [0.1, 0.15) is 54.1 Å². The normalized spacial score (nSPS) is 16.3. The number of aliphatic imine (C=N–C) groups is 1. The zero-order valence-corrected chi connectivity index (χ0v) is 42.8. The SMILES string of the molecule is C[C@H](NC(=O)[C@H](CCCN=C(N)N)NC(=O)[C@H](CO)NC(=O)[C@H](CO)NC(=O)[C@H](CO)NC(=O)CNC(=O)[C@H](Cc1ccc(O)cc1)NC(=O)CN)C(=O)N1CCC[C@H]1C(=O)N[C@@H](CCC(N)=O)C(=O)N[C@H](C(=O)O)[C@@H](C)O. The Hall–Kier alpha value is -8.27. The number of aromatic hydroxyl groups is 1. The molecule has 0 saturated carbocycles. The molecule has 1 aromatic rings. The number of likely N-dealkylation sites (tertiary alicyclic amines) is 1. The van der Waals surface area contributed by atoms with Crippen LogP contribution in [0, 0.1) is 0 Å². The van der Waals surface area contributed by atoms with Crippen molar-refractivity contribution in [2.24, 2.45) is 27.9 Å². The monoisotopic (exact) mass is 1110 g/mol. The molecule has 33 heteroatoms. The zero-order valence-electron chi connectivity index (χ0n) is 42.8. The van der Waals surface area contributed by atoms with Gasteiger partial charge in [0.05, 0.1) is 39.0 Å². The molecule has 0 radical (unpaired) electrons. The number of aliphatic carboxylic acids is 1. The molecule has 0 aliphatic carbocycles. The average molecular weight is 1110 g/mol. The van der Waals surface area contributed by atoms with Crippen LogP contribution in [-0.2, 0) is 64.0 Å². The predicted octanol–water partition coefficient (Wildman–Crippen LogP) is -10.3. The van der Waals surface area contributed by atoms with E-state index < -0.39 is 171 Å². The number of hydrogen-bond donors (Lipinski definition) is 19. The molecule has 10 atom stereocenters. The number of rotatable bonds is 33. The Labute approximate surface area is 445 Å². The number of guanidine groups is 1. The fraction of sp³-hybridized carbons (Fsp3) is 0.578. The third kappa shape index (κ3) is 22.1. The number of carbonyl (C=O) groups is 12. The maximum absolute atomic E-state index is 13.8. The molecular formula is C45H71N15O18. The van der Waals surface area contributed by atoms with Gasteiger partial charge in [-0.05, 0) is 63.6 Å². The second-order valence-corrected chi connectivity index (χ2v) is 17.8. The minimum atomic E-state index is -1.89. The Bertz CT molecular complexity index is 2320. The van der Waals surface area contributed by atoms with Gasteiger partial charge < -0.3 is 106 Å². The van der Waals surface area contributed by atoms with E-state index in [1.165, 1.54) is 31.2 Å². The lowest BCUT2D eigenvalue weighted by atomic mass is 10.0. The van der Waals surface area contributed by atoms with Gasteiger partial charge in [0.2, 0.25) is 65.0 Å². The third-order valence-electron chi connectivity index (χ3n) is 11.6. The second kappa shape index (κ2) is 33.0. The van der Waals surface area contributed by atoms with Crippen molar-refractivity contribution in [1.82, 2.24) is 52.8 Å². The minimum absolute atomic E-state index is 0.0106. The molecule has 1 aromatic carbocycles. The fourth-order valence-corrected chi connectivity index (χ4v) is 7.43. The van der Waals surface area contributed by atoms with Crippen LogP contribution in [0.25, 0.3) is 0 Å². The molecule has 1 fully saturated rings. The van der Waals surface area contributed by atoms with E-state index in [-0.39, 0.29) is 63.3 Å². The summed E-state index contributed by atoms with van der Waals surface area (Å²) in [5, 5.41) is 79.1. The summed E-state index contributed by atoms with van der Waals surface area (Å²) < 4.78 is 0. The Balaban J connectivity index is 2.15. The largest absolute Gasteiger partial charge is 0.508 e. The highest BCUT2D eigenvalue weighted by molar-refractivity contribution is 5.98. The van der Waals surface area contributed by atoms with Crippen molar-refractivity contribution < 1.29 is 88.2 Å². The van der Waals surface area contributed by atoms with Gasteiger partial charge in [0, 0.05) is 25.9 Å². The summed E-state index contributed by atoms with van der Waals surface area (Å²) in [7, 11) is 0. The number of carboxylic acids is 1. The number of nitrogens with one attached hydrogen (secondary N) is 9. The van der Waals surface area contributed by atoms with Gasteiger partial charge in [-0.25, -0.2) is 4.79 Å². The molecule has 78 heavy (non-hydrogen) atoms. The molecule has 0 aromatic heterocycles. The van der Waals surface area contributed by atoms with Crippen LogP contribution in [0.5, 0.6) is 5.75 Å². The van der Waals surface area contributed by atoms with Gasteiger partial charge in [-0.3, -0.25) is 57.7 Å². The van der Waals surface area contributed by atoms with Gasteiger partial charge in [-0.1, -0.05) is 12.1 Å². The van der Waals surface area contributed by atoms with E-state index in [2.05, 4.69) is 52.8 Å². The molecule has 33 nitrogen and oxygen atoms in total. The lowest BCUT2D eigenvalue weighted by Gasteiger charge is -2.30. The Morgan fingerprint density at radius 1 is 0.667 bits per heavy atom. The number of nitrogens with zero attached hydrogens (tertiary/aromatic N) is 2. The third-order valence-corrected chi connectivity index (χ3v) is 11.6. The Morgan fingerprint density at radius 2 is 1.18 bits per heavy atom. The fourth-order valence-electron chi connectivity index (χ4n) is 7.43. The summed E-state index contributed by atoms with van der Waals surface area (Å²) in [4.78, 5) is 160. The smallest absolute Gasteiger partial charge is 0.328 e. The van der Waals surface area contributed by atoms with E-state index in [4.69, 9.17) is 22.9 Å². The van der Waals surface area contributed by atoms with E-state index in [0.29, 0.717) is 5.56 Å². The van der Waals surface area contributed by atoms with E-state index in [1.54, 1.807) is 0 Å². The van der Waals surface area contributed by atoms with Crippen LogP contribution in [0.3, 0.4) is 0 Å². The van der Waals surface area contributed by atoms with E-state index in [1.807, 2.05) is 0 Å². The van der Waals surface area contributed by atoms with Crippen molar-refractivity contribution in [1.29, 1.82) is 0 Å². The first-order valence-electron chi connectivity index (χ1n) is 24.3. The van der Waals surface area contributed by atoms with Crippen LogP contribution in [-0.4, -0.2) is 219 Å². The number of phenols is 1. The maximum atomic E-state index is 13.8. The average Bonchev–Trinajstić information content (AvgIpc) is 3.89. The van der Waals surface area contributed by atoms with Crippen molar-refractivity contribution in [3.63, 3.8) is 0 Å². The lowest BCUT2D eigenvalue weighted by Crippen LogP contribution is -2.61. The topological polar surface area (TPSA) is 554 Å². The van der Waals surface area contributed by atoms with E-state index in [9.17, 15) is 88.2 Å². The standard InChI is InChI=1S/C45H71N15O18/c1-21(43(76)60-14-4-6-31(60)42(75)56-26(11-12-32(47)66)38(71)59-35(22(2)64)44(77)78)52-37(70)25(5-3-13-50-45(48)49)55-40(73)29(19-62)58-41(74)30(20-63)57-39(72)28(18-61)54-34(68)17-51-36(69)27(53-33(67)16-46)15-23-7-9-24(65)10-8-23/h7-10,21-22,25-31,35,61-65H,3-6,11-20,46H2,1-2H3,(H2,47,66)(H,51,69)(H,52,70)(H,53,67)(H,54,68)(H,55,73)(H,56,75)(H,57,72)(H,58,74)(H,59,71)(H,77,78)(H4,48,49,50)/t21-,22+,25-,26-,27-,28-,29-,30-,31-,35-/m0/s1. The molecule has 434 valence electrons. The first-order chi connectivity index (χ1) is 36.8. The Kier molecular flexibility index (Phi) is 27.9. The van der Waals surface area contributed by atoms with Gasteiger partial charge in [0.25, 0.3) is 0 Å². The molecule has 1 aliphatic rings. The van der Waals surface area contributed by atoms with Gasteiger partial charge in [-0.2, -0.15) is 0 Å². The van der Waals surface area contributed by atoms with Crippen molar-refractivity contribution in [3.05, 3.63) is 29.8 Å². The number of nitrogens with two attached hydrogens (primary N) is 4. The molecule has 1 saturated heterocycles. The Morgan fingerprint density at radius 3 is 1.69 bits per heavy atom. The number of carboxylic acid groups (broad SMARTS) is 1. The van der Waals surface area contributed by atoms with Crippen LogP contribution >= 0.6 is 0 Å². The van der Waals surface area contributed by atoms with Gasteiger partial charge in [-0.15, -0.1) is 0 Å². The summed E-state index contributed by atoms with van der Waals surface area (Å²) in [5.41, 5.74) is 21.9. The lowest BCUT2D eigenvalue weighted by molar-refractivity contribution is -0.145. The van der Waals surface area contributed by atoms with Crippen LogP contribution in [0.2, 0.25) is 0 Å². The number of carbonyl (C=O) groups excluding carboxylic acids is 11. The van der Waals surface area contributed by atoms with Crippen LogP contribution in [0.1, 0.15) is 57.9 Å². The summed E-state index contributed by atoms with van der Waals surface area (Å²) in [6, 6.07) is -8.63. The molecule has 0 unspecified atom stereocenters. The van der Waals surface area contributed by atoms with Crippen molar-refractivity contribution in [2.45, 2.75) is 119 Å². The molecule has 0 bridgehead atoms. The van der Waals surface area contributed by atoms with Gasteiger partial charge in [0.15, 0.2) is 12.0 Å². The molecule has 1 aliphatic heterocycles. The molecule has 1 heterocycles. The zero-order chi connectivity index (χ0) is 58.8. The number of aliphatic hydroxyl groups excluding tert-OH is 4. The molecular weight excluding hydrogens is 1040 g/mol. The number of phenolic OH excluding ortho intramolecular Hbond substituents is 1.